The number of nitrogens with one attached hydrogen (secondary N) is 1. The molecule has 1 amide bonds. The van der Waals surface area contributed by atoms with Crippen molar-refractivity contribution in [3.8, 4) is 0 Å². The molecule has 0 saturated heterocycles. The lowest BCUT2D eigenvalue weighted by molar-refractivity contribution is -0.114. The molecule has 0 spiro atoms. The molecular weight excluding hydrogens is 402 g/mol. The number of thiophene rings is 1. The first-order chi connectivity index (χ1) is 14.3. The van der Waals surface area contributed by atoms with Gasteiger partial charge >= 0.3 is 11.6 Å². The molecular formula is C23H23NO5S. The predicted octanol–water partition coefficient (Wildman–Crippen LogP) is 4.67. The normalized spacial score (nSPS) is 13.2. The van der Waals surface area contributed by atoms with Crippen molar-refractivity contribution in [3.05, 3.63) is 61.3 Å². The summed E-state index contributed by atoms with van der Waals surface area (Å²) in [6.07, 6.45) is 3.79. The molecule has 2 heterocycles. The van der Waals surface area contributed by atoms with E-state index in [0.29, 0.717) is 21.7 Å². The molecule has 1 N–H and O–H groups in total. The maximum absolute atomic E-state index is 13.0. The fourth-order valence-corrected chi connectivity index (χ4v) is 5.21. The zero-order chi connectivity index (χ0) is 21.4. The van der Waals surface area contributed by atoms with Crippen LogP contribution in [-0.2, 0) is 29.0 Å². The molecule has 0 fully saturated rings. The number of benzene rings is 1. The molecule has 6 nitrogen and oxygen atoms in total. The third-order valence-corrected chi connectivity index (χ3v) is 6.75. The van der Waals surface area contributed by atoms with Crippen molar-refractivity contribution >= 4 is 39.2 Å². The van der Waals surface area contributed by atoms with Crippen LogP contribution in [0.1, 0.15) is 57.3 Å². The number of carbonyl (C=O) groups excluding carboxylic acids is 2. The van der Waals surface area contributed by atoms with Crippen LogP contribution < -0.4 is 10.9 Å². The Labute approximate surface area is 177 Å². The minimum Gasteiger partial charge on any atom is -0.457 e. The molecule has 4 rings (SSSR count). The van der Waals surface area contributed by atoms with Crippen LogP contribution in [0.15, 0.2) is 27.4 Å². The number of aryl methyl sites for hydroxylation is 3. The Hall–Kier alpha value is -2.93. The molecule has 0 unspecified atom stereocenters. The van der Waals surface area contributed by atoms with Crippen molar-refractivity contribution in [2.45, 2.75) is 53.1 Å². The Balaban J connectivity index is 1.66. The number of rotatable bonds is 4. The number of fused-ring (bicyclic) bond motifs is 2. The number of esters is 1. The average molecular weight is 426 g/mol. The Morgan fingerprint density at radius 1 is 1.20 bits per heavy atom. The van der Waals surface area contributed by atoms with E-state index in [1.165, 1.54) is 24.3 Å². The van der Waals surface area contributed by atoms with Crippen molar-refractivity contribution in [1.82, 2.24) is 0 Å². The third kappa shape index (κ3) is 3.77. The summed E-state index contributed by atoms with van der Waals surface area (Å²) >= 11 is 1.45. The number of anilines is 1. The Morgan fingerprint density at radius 3 is 2.73 bits per heavy atom. The standard InChI is InChI=1S/C23H23NO5S/c1-12-8-9-16-15(10-19(26)29-21(16)13(12)2)11-28-23(27)20-17-6-4-5-7-18(17)30-22(20)24-14(3)25/h8-10H,4-7,11H2,1-3H3,(H,24,25). The highest BCUT2D eigenvalue weighted by molar-refractivity contribution is 7.17. The summed E-state index contributed by atoms with van der Waals surface area (Å²) < 4.78 is 11.0. The second-order valence-electron chi connectivity index (χ2n) is 7.65. The Bertz CT molecular complexity index is 1220. The zero-order valence-corrected chi connectivity index (χ0v) is 18.0. The molecule has 0 bridgehead atoms. The second kappa shape index (κ2) is 8.07. The lowest BCUT2D eigenvalue weighted by Gasteiger charge is -2.13. The first-order valence-corrected chi connectivity index (χ1v) is 10.8. The maximum Gasteiger partial charge on any atom is 0.341 e. The minimum absolute atomic E-state index is 0.0480. The fourth-order valence-electron chi connectivity index (χ4n) is 3.89. The van der Waals surface area contributed by atoms with E-state index in [9.17, 15) is 14.4 Å². The smallest absolute Gasteiger partial charge is 0.341 e. The van der Waals surface area contributed by atoms with Crippen LogP contribution in [0.2, 0.25) is 0 Å². The summed E-state index contributed by atoms with van der Waals surface area (Å²) in [6.45, 7) is 5.22. The van der Waals surface area contributed by atoms with Gasteiger partial charge in [-0.1, -0.05) is 12.1 Å². The van der Waals surface area contributed by atoms with Crippen LogP contribution in [0, 0.1) is 13.8 Å². The molecule has 156 valence electrons. The van der Waals surface area contributed by atoms with E-state index in [1.807, 2.05) is 26.0 Å². The molecule has 0 atom stereocenters. The summed E-state index contributed by atoms with van der Waals surface area (Å²) in [5, 5.41) is 4.07. The van der Waals surface area contributed by atoms with E-state index in [4.69, 9.17) is 9.15 Å². The molecule has 1 aromatic carbocycles. The van der Waals surface area contributed by atoms with Crippen LogP contribution in [0.25, 0.3) is 11.0 Å². The van der Waals surface area contributed by atoms with Crippen LogP contribution in [-0.4, -0.2) is 11.9 Å². The van der Waals surface area contributed by atoms with Crippen molar-refractivity contribution < 1.29 is 18.7 Å². The molecule has 3 aromatic rings. The van der Waals surface area contributed by atoms with Gasteiger partial charge in [0.05, 0.1) is 5.56 Å². The van der Waals surface area contributed by atoms with Gasteiger partial charge in [-0.2, -0.15) is 0 Å². The molecule has 30 heavy (non-hydrogen) atoms. The van der Waals surface area contributed by atoms with E-state index in [2.05, 4.69) is 5.32 Å². The van der Waals surface area contributed by atoms with Gasteiger partial charge in [-0.15, -0.1) is 11.3 Å². The van der Waals surface area contributed by atoms with Gasteiger partial charge in [-0.25, -0.2) is 9.59 Å². The van der Waals surface area contributed by atoms with Crippen LogP contribution in [0.3, 0.4) is 0 Å². The Kier molecular flexibility index (Phi) is 5.47. The largest absolute Gasteiger partial charge is 0.457 e. The highest BCUT2D eigenvalue weighted by Crippen LogP contribution is 2.38. The van der Waals surface area contributed by atoms with E-state index in [1.54, 1.807) is 0 Å². The van der Waals surface area contributed by atoms with Gasteiger partial charge in [0, 0.05) is 28.8 Å². The van der Waals surface area contributed by atoms with Gasteiger partial charge in [0.15, 0.2) is 0 Å². The summed E-state index contributed by atoms with van der Waals surface area (Å²) in [4.78, 5) is 37.8. The minimum atomic E-state index is -0.483. The molecule has 1 aliphatic rings. The summed E-state index contributed by atoms with van der Waals surface area (Å²) in [5.41, 5.74) is 3.97. The third-order valence-electron chi connectivity index (χ3n) is 5.54. The van der Waals surface area contributed by atoms with Crippen LogP contribution >= 0.6 is 11.3 Å². The number of carbonyl (C=O) groups is 2. The molecule has 0 saturated carbocycles. The summed E-state index contributed by atoms with van der Waals surface area (Å²) in [7, 11) is 0. The predicted molar refractivity (Wildman–Crippen MR) is 116 cm³/mol. The second-order valence-corrected chi connectivity index (χ2v) is 8.75. The summed E-state index contributed by atoms with van der Waals surface area (Å²) in [6, 6.07) is 5.19. The number of amides is 1. The number of hydrogen-bond acceptors (Lipinski definition) is 6. The van der Waals surface area contributed by atoms with E-state index in [0.717, 1.165) is 52.6 Å². The average Bonchev–Trinajstić information content (AvgIpc) is 3.06. The highest BCUT2D eigenvalue weighted by atomic mass is 32.1. The quantitative estimate of drug-likeness (QED) is 0.485. The maximum atomic E-state index is 13.0. The molecule has 7 heteroatoms. The lowest BCUT2D eigenvalue weighted by atomic mass is 9.95. The van der Waals surface area contributed by atoms with Crippen molar-refractivity contribution in [1.29, 1.82) is 0 Å². The SMILES string of the molecule is CC(=O)Nc1sc2c(c1C(=O)OCc1cc(=O)oc3c(C)c(C)ccc13)CCCC2. The summed E-state index contributed by atoms with van der Waals surface area (Å²) in [5.74, 6) is -0.705. The number of ether oxygens (including phenoxy) is 1. The molecule has 1 aliphatic carbocycles. The monoisotopic (exact) mass is 425 g/mol. The fraction of sp³-hybridized carbons (Fsp3) is 0.348. The van der Waals surface area contributed by atoms with Crippen molar-refractivity contribution in [3.63, 3.8) is 0 Å². The van der Waals surface area contributed by atoms with Gasteiger partial charge in [0.2, 0.25) is 5.91 Å². The first kappa shape index (κ1) is 20.3. The van der Waals surface area contributed by atoms with Crippen LogP contribution in [0.5, 0.6) is 0 Å². The first-order valence-electron chi connectivity index (χ1n) is 9.97. The van der Waals surface area contributed by atoms with Crippen molar-refractivity contribution in [2.75, 3.05) is 5.32 Å². The lowest BCUT2D eigenvalue weighted by Crippen LogP contribution is -2.14. The van der Waals surface area contributed by atoms with Gasteiger partial charge in [-0.3, -0.25) is 4.79 Å². The molecule has 0 radical (unpaired) electrons. The topological polar surface area (TPSA) is 85.6 Å². The number of hydrogen-bond donors (Lipinski definition) is 1. The van der Waals surface area contributed by atoms with Crippen LogP contribution in [0.4, 0.5) is 5.00 Å². The molecule has 0 aliphatic heterocycles. The van der Waals surface area contributed by atoms with E-state index < -0.39 is 11.6 Å². The van der Waals surface area contributed by atoms with Gasteiger partial charge in [0.25, 0.3) is 0 Å². The highest BCUT2D eigenvalue weighted by Gasteiger charge is 2.27. The van der Waals surface area contributed by atoms with Gasteiger partial charge in [0.1, 0.15) is 17.2 Å². The Morgan fingerprint density at radius 2 is 1.97 bits per heavy atom. The van der Waals surface area contributed by atoms with Gasteiger partial charge in [-0.05, 0) is 56.2 Å². The van der Waals surface area contributed by atoms with E-state index in [-0.39, 0.29) is 12.5 Å². The van der Waals surface area contributed by atoms with Gasteiger partial charge < -0.3 is 14.5 Å². The molecule has 2 aromatic heterocycles. The van der Waals surface area contributed by atoms with Crippen molar-refractivity contribution in [2.24, 2.45) is 0 Å². The van der Waals surface area contributed by atoms with E-state index >= 15 is 0 Å². The zero-order valence-electron chi connectivity index (χ0n) is 17.2.